The molecule has 0 saturated carbocycles. The van der Waals surface area contributed by atoms with Crippen LogP contribution in [-0.2, 0) is 9.47 Å². The summed E-state index contributed by atoms with van der Waals surface area (Å²) < 4.78 is 34.1. The van der Waals surface area contributed by atoms with Crippen LogP contribution >= 0.6 is 0 Å². The van der Waals surface area contributed by atoms with E-state index in [1.165, 1.54) is 0 Å². The summed E-state index contributed by atoms with van der Waals surface area (Å²) in [6.07, 6.45) is 1.08. The van der Waals surface area contributed by atoms with Crippen LogP contribution in [0.15, 0.2) is 0 Å². The van der Waals surface area contributed by atoms with E-state index in [4.69, 9.17) is 4.74 Å². The van der Waals surface area contributed by atoms with E-state index in [9.17, 15) is 8.78 Å². The van der Waals surface area contributed by atoms with Crippen molar-refractivity contribution < 1.29 is 18.3 Å². The van der Waals surface area contributed by atoms with Crippen LogP contribution in [0.5, 0.6) is 0 Å². The van der Waals surface area contributed by atoms with Crippen LogP contribution < -0.4 is 0 Å². The first kappa shape index (κ1) is 14.8. The molecular weight excluding hydrogens is 202 g/mol. The van der Waals surface area contributed by atoms with Crippen LogP contribution in [0.2, 0.25) is 0 Å². The fourth-order valence-corrected chi connectivity index (χ4v) is 1.72. The first-order valence-corrected chi connectivity index (χ1v) is 5.45. The van der Waals surface area contributed by atoms with Crippen molar-refractivity contribution >= 4 is 0 Å². The summed E-state index contributed by atoms with van der Waals surface area (Å²) in [5.41, 5.74) is 0. The van der Waals surface area contributed by atoms with Crippen LogP contribution in [0, 0.1) is 11.8 Å². The third kappa shape index (κ3) is 6.05. The first-order valence-electron chi connectivity index (χ1n) is 5.45. The highest BCUT2D eigenvalue weighted by Crippen LogP contribution is 2.24. The molecule has 0 saturated heterocycles. The van der Waals surface area contributed by atoms with E-state index in [2.05, 4.69) is 4.74 Å². The molecule has 0 heterocycles. The van der Waals surface area contributed by atoms with Gasteiger partial charge >= 0.3 is 6.61 Å². The Morgan fingerprint density at radius 3 is 2.13 bits per heavy atom. The predicted octanol–water partition coefficient (Wildman–Crippen LogP) is 3.31. The molecule has 0 aliphatic carbocycles. The van der Waals surface area contributed by atoms with Crippen LogP contribution in [-0.4, -0.2) is 26.4 Å². The maximum Gasteiger partial charge on any atom is 0.345 e. The van der Waals surface area contributed by atoms with E-state index in [0.29, 0.717) is 13.0 Å². The molecule has 0 fully saturated rings. The summed E-state index contributed by atoms with van der Waals surface area (Å²) in [6.45, 7) is 3.74. The van der Waals surface area contributed by atoms with Gasteiger partial charge in [-0.25, -0.2) is 0 Å². The second kappa shape index (κ2) is 7.99. The molecule has 0 rings (SSSR count). The lowest BCUT2D eigenvalue weighted by atomic mass is 9.88. The Kier molecular flexibility index (Phi) is 7.88. The molecule has 0 aliphatic heterocycles. The zero-order valence-corrected chi connectivity index (χ0v) is 10.0. The molecule has 0 aromatic carbocycles. The van der Waals surface area contributed by atoms with Gasteiger partial charge in [0.15, 0.2) is 0 Å². The van der Waals surface area contributed by atoms with Crippen LogP contribution in [0.4, 0.5) is 8.78 Å². The van der Waals surface area contributed by atoms with Crippen molar-refractivity contribution in [3.8, 4) is 0 Å². The van der Waals surface area contributed by atoms with Crippen molar-refractivity contribution in [3.63, 3.8) is 0 Å². The van der Waals surface area contributed by atoms with Crippen molar-refractivity contribution in [1.82, 2.24) is 0 Å². The predicted molar refractivity (Wildman–Crippen MR) is 56.0 cm³/mol. The first-order chi connectivity index (χ1) is 7.02. The molecule has 0 N–H and O–H groups in total. The van der Waals surface area contributed by atoms with Crippen LogP contribution in [0.3, 0.4) is 0 Å². The Labute approximate surface area is 90.9 Å². The third-order valence-electron chi connectivity index (χ3n) is 2.54. The highest BCUT2D eigenvalue weighted by atomic mass is 19.3. The fourth-order valence-electron chi connectivity index (χ4n) is 1.72. The van der Waals surface area contributed by atoms with Gasteiger partial charge < -0.3 is 9.47 Å². The second-order valence-corrected chi connectivity index (χ2v) is 4.09. The summed E-state index contributed by atoms with van der Waals surface area (Å²) in [5, 5.41) is 0. The maximum atomic E-state index is 12.2. The quantitative estimate of drug-likeness (QED) is 0.629. The molecule has 2 nitrogen and oxygen atoms in total. The summed E-state index contributed by atoms with van der Waals surface area (Å²) in [7, 11) is 1.58. The van der Waals surface area contributed by atoms with Crippen molar-refractivity contribution in [2.45, 2.75) is 46.3 Å². The topological polar surface area (TPSA) is 18.5 Å². The van der Waals surface area contributed by atoms with E-state index in [0.717, 1.165) is 6.42 Å². The Hall–Kier alpha value is -0.220. The highest BCUT2D eigenvalue weighted by molar-refractivity contribution is 4.73. The average molecular weight is 224 g/mol. The summed E-state index contributed by atoms with van der Waals surface area (Å²) in [4.78, 5) is 0. The van der Waals surface area contributed by atoms with E-state index >= 15 is 0 Å². The summed E-state index contributed by atoms with van der Waals surface area (Å²) in [5.74, 6) is 0.309. The van der Waals surface area contributed by atoms with E-state index in [1.54, 1.807) is 7.11 Å². The molecule has 0 aromatic rings. The maximum absolute atomic E-state index is 12.2. The van der Waals surface area contributed by atoms with Gasteiger partial charge in [0.2, 0.25) is 0 Å². The van der Waals surface area contributed by atoms with Crippen molar-refractivity contribution in [2.24, 2.45) is 11.8 Å². The van der Waals surface area contributed by atoms with Gasteiger partial charge in [-0.1, -0.05) is 27.2 Å². The minimum Gasteiger partial charge on any atom is -0.384 e. The molecule has 0 unspecified atom stereocenters. The monoisotopic (exact) mass is 224 g/mol. The van der Waals surface area contributed by atoms with E-state index < -0.39 is 12.7 Å². The lowest BCUT2D eigenvalue weighted by molar-refractivity contribution is -0.186. The number of alkyl halides is 2. The Bertz CT molecular complexity index is 152. The van der Waals surface area contributed by atoms with Gasteiger partial charge in [-0.3, -0.25) is 0 Å². The lowest BCUT2D eigenvalue weighted by Gasteiger charge is -2.29. The largest absolute Gasteiger partial charge is 0.384 e. The molecule has 0 spiro atoms. The zero-order valence-electron chi connectivity index (χ0n) is 10.0. The molecule has 0 aliphatic rings. The normalized spacial score (nSPS) is 16.0. The van der Waals surface area contributed by atoms with Crippen molar-refractivity contribution in [2.75, 3.05) is 13.7 Å². The van der Waals surface area contributed by atoms with Gasteiger partial charge in [0.25, 0.3) is 0 Å². The Morgan fingerprint density at radius 2 is 1.80 bits per heavy atom. The van der Waals surface area contributed by atoms with Gasteiger partial charge in [0.1, 0.15) is 0 Å². The fraction of sp³-hybridized carbons (Fsp3) is 1.00. The van der Waals surface area contributed by atoms with Gasteiger partial charge in [-0.15, -0.1) is 0 Å². The van der Waals surface area contributed by atoms with E-state index in [-0.39, 0.29) is 11.8 Å². The van der Waals surface area contributed by atoms with Gasteiger partial charge in [-0.2, -0.15) is 8.78 Å². The lowest BCUT2D eigenvalue weighted by Crippen LogP contribution is -2.33. The number of hydrogen-bond donors (Lipinski definition) is 0. The van der Waals surface area contributed by atoms with Crippen molar-refractivity contribution in [1.29, 1.82) is 0 Å². The Morgan fingerprint density at radius 1 is 1.20 bits per heavy atom. The smallest absolute Gasteiger partial charge is 0.345 e. The SMILES string of the molecule is CCC[C@H](OC(F)F)[C@@H](COC)C(C)C. The third-order valence-corrected chi connectivity index (χ3v) is 2.54. The molecule has 0 radical (unpaired) electrons. The minimum absolute atomic E-state index is 0.0314. The van der Waals surface area contributed by atoms with Gasteiger partial charge in [0.05, 0.1) is 12.7 Å². The minimum atomic E-state index is -2.69. The molecule has 0 aromatic heterocycles. The number of hydrogen-bond acceptors (Lipinski definition) is 2. The van der Waals surface area contributed by atoms with Crippen LogP contribution in [0.1, 0.15) is 33.6 Å². The van der Waals surface area contributed by atoms with Gasteiger partial charge in [0, 0.05) is 13.0 Å². The standard InChI is InChI=1S/C11H22F2O2/c1-5-6-10(15-11(12)13)9(7-14-4)8(2)3/h8-11H,5-7H2,1-4H3/t9-,10-/m0/s1. The molecule has 0 amide bonds. The summed E-state index contributed by atoms with van der Waals surface area (Å²) in [6, 6.07) is 0. The van der Waals surface area contributed by atoms with Crippen molar-refractivity contribution in [3.05, 3.63) is 0 Å². The second-order valence-electron chi connectivity index (χ2n) is 4.09. The number of rotatable bonds is 8. The number of methoxy groups -OCH3 is 1. The number of halogens is 2. The van der Waals surface area contributed by atoms with Crippen LogP contribution in [0.25, 0.3) is 0 Å². The molecule has 0 bridgehead atoms. The average Bonchev–Trinajstić information content (AvgIpc) is 2.12. The molecular formula is C11H22F2O2. The number of ether oxygens (including phenoxy) is 2. The molecule has 2 atom stereocenters. The highest BCUT2D eigenvalue weighted by Gasteiger charge is 2.27. The molecule has 15 heavy (non-hydrogen) atoms. The molecule has 4 heteroatoms. The van der Waals surface area contributed by atoms with Gasteiger partial charge in [-0.05, 0) is 12.3 Å². The zero-order chi connectivity index (χ0) is 11.8. The molecule has 92 valence electrons. The summed E-state index contributed by atoms with van der Waals surface area (Å²) >= 11 is 0. The Balaban J connectivity index is 4.36. The van der Waals surface area contributed by atoms with E-state index in [1.807, 2.05) is 20.8 Å².